The van der Waals surface area contributed by atoms with E-state index >= 15 is 0 Å². The second kappa shape index (κ2) is 10.0. The van der Waals surface area contributed by atoms with Crippen molar-refractivity contribution in [2.45, 2.75) is 13.5 Å². The molecule has 3 aromatic carbocycles. The van der Waals surface area contributed by atoms with Gasteiger partial charge in [-0.05, 0) is 35.7 Å². The SMILES string of the molecule is CCN(CC(=O)NCc1ccc(Cl)cc1)CC(=O)Nc1cccc2ccccc12. The zero-order valence-electron chi connectivity index (χ0n) is 16.3. The Morgan fingerprint density at radius 2 is 1.59 bits per heavy atom. The summed E-state index contributed by atoms with van der Waals surface area (Å²) in [5, 5.41) is 8.56. The summed E-state index contributed by atoms with van der Waals surface area (Å²) < 4.78 is 0. The lowest BCUT2D eigenvalue weighted by atomic mass is 10.1. The van der Waals surface area contributed by atoms with Crippen molar-refractivity contribution < 1.29 is 9.59 Å². The van der Waals surface area contributed by atoms with Gasteiger partial charge in [0.05, 0.1) is 13.1 Å². The largest absolute Gasteiger partial charge is 0.351 e. The number of benzene rings is 3. The van der Waals surface area contributed by atoms with E-state index in [0.717, 1.165) is 22.0 Å². The standard InChI is InChI=1S/C23H24ClN3O2/c1-2-27(15-22(28)25-14-17-10-12-19(24)13-11-17)16-23(29)26-21-9-5-7-18-6-3-4-8-20(18)21/h3-13H,2,14-16H2,1H3,(H,25,28)(H,26,29). The highest BCUT2D eigenvalue weighted by molar-refractivity contribution is 6.30. The zero-order valence-corrected chi connectivity index (χ0v) is 17.1. The highest BCUT2D eigenvalue weighted by atomic mass is 35.5. The molecule has 0 bridgehead atoms. The summed E-state index contributed by atoms with van der Waals surface area (Å²) in [6.07, 6.45) is 0. The molecular formula is C23H24ClN3O2. The van der Waals surface area contributed by atoms with Crippen LogP contribution in [0.2, 0.25) is 5.02 Å². The van der Waals surface area contributed by atoms with Crippen molar-refractivity contribution in [1.82, 2.24) is 10.2 Å². The fourth-order valence-corrected chi connectivity index (χ4v) is 3.19. The lowest BCUT2D eigenvalue weighted by Gasteiger charge is -2.19. The molecule has 0 aliphatic rings. The topological polar surface area (TPSA) is 61.4 Å². The first-order chi connectivity index (χ1) is 14.0. The van der Waals surface area contributed by atoms with Crippen LogP contribution in [-0.4, -0.2) is 36.3 Å². The summed E-state index contributed by atoms with van der Waals surface area (Å²) in [6.45, 7) is 3.26. The maximum Gasteiger partial charge on any atom is 0.238 e. The summed E-state index contributed by atoms with van der Waals surface area (Å²) in [5.41, 5.74) is 1.75. The molecule has 0 saturated carbocycles. The quantitative estimate of drug-likeness (QED) is 0.589. The molecule has 0 radical (unpaired) electrons. The Hall–Kier alpha value is -2.89. The molecule has 0 unspecified atom stereocenters. The Balaban J connectivity index is 1.52. The van der Waals surface area contributed by atoms with Gasteiger partial charge in [0.1, 0.15) is 0 Å². The molecule has 2 amide bonds. The summed E-state index contributed by atoms with van der Waals surface area (Å²) in [7, 11) is 0. The van der Waals surface area contributed by atoms with Crippen molar-refractivity contribution in [3.05, 3.63) is 77.3 Å². The second-order valence-electron chi connectivity index (χ2n) is 6.78. The molecular weight excluding hydrogens is 386 g/mol. The fourth-order valence-electron chi connectivity index (χ4n) is 3.07. The van der Waals surface area contributed by atoms with Gasteiger partial charge in [0, 0.05) is 22.6 Å². The summed E-state index contributed by atoms with van der Waals surface area (Å²) in [4.78, 5) is 26.6. The first-order valence-electron chi connectivity index (χ1n) is 9.56. The number of hydrogen-bond donors (Lipinski definition) is 2. The maximum absolute atomic E-state index is 12.5. The van der Waals surface area contributed by atoms with Gasteiger partial charge in [-0.25, -0.2) is 0 Å². The molecule has 0 saturated heterocycles. The van der Waals surface area contributed by atoms with E-state index in [-0.39, 0.29) is 24.9 Å². The van der Waals surface area contributed by atoms with E-state index in [1.54, 1.807) is 17.0 Å². The van der Waals surface area contributed by atoms with Crippen LogP contribution in [0, 0.1) is 0 Å². The van der Waals surface area contributed by atoms with Crippen molar-refractivity contribution in [2.75, 3.05) is 25.0 Å². The van der Waals surface area contributed by atoms with Crippen molar-refractivity contribution in [1.29, 1.82) is 0 Å². The van der Waals surface area contributed by atoms with Crippen LogP contribution in [0.3, 0.4) is 0 Å². The maximum atomic E-state index is 12.5. The van der Waals surface area contributed by atoms with Crippen molar-refractivity contribution in [2.24, 2.45) is 0 Å². The number of carbonyl (C=O) groups excluding carboxylic acids is 2. The fraction of sp³-hybridized carbons (Fsp3) is 0.217. The van der Waals surface area contributed by atoms with Crippen LogP contribution in [0.5, 0.6) is 0 Å². The lowest BCUT2D eigenvalue weighted by Crippen LogP contribution is -2.40. The first kappa shape index (κ1) is 20.8. The Bertz CT molecular complexity index is 984. The number of nitrogens with one attached hydrogen (secondary N) is 2. The molecule has 3 aromatic rings. The summed E-state index contributed by atoms with van der Waals surface area (Å²) in [5.74, 6) is -0.270. The zero-order chi connectivity index (χ0) is 20.6. The first-order valence-corrected chi connectivity index (χ1v) is 9.94. The van der Waals surface area contributed by atoms with Crippen molar-refractivity contribution in [3.63, 3.8) is 0 Å². The van der Waals surface area contributed by atoms with Gasteiger partial charge in [-0.1, -0.05) is 67.1 Å². The number of nitrogens with zero attached hydrogens (tertiary/aromatic N) is 1. The third-order valence-corrected chi connectivity index (χ3v) is 4.90. The highest BCUT2D eigenvalue weighted by Crippen LogP contribution is 2.22. The van der Waals surface area contributed by atoms with E-state index in [1.165, 1.54) is 0 Å². The van der Waals surface area contributed by atoms with E-state index in [9.17, 15) is 9.59 Å². The normalized spacial score (nSPS) is 10.9. The van der Waals surface area contributed by atoms with E-state index in [2.05, 4.69) is 10.6 Å². The molecule has 0 spiro atoms. The van der Waals surface area contributed by atoms with Crippen molar-refractivity contribution >= 4 is 39.9 Å². The third kappa shape index (κ3) is 6.04. The molecule has 6 heteroatoms. The Morgan fingerprint density at radius 1 is 0.897 bits per heavy atom. The van der Waals surface area contributed by atoms with Crippen LogP contribution in [-0.2, 0) is 16.1 Å². The van der Waals surface area contributed by atoms with Gasteiger partial charge >= 0.3 is 0 Å². The van der Waals surface area contributed by atoms with Gasteiger partial charge in [0.25, 0.3) is 0 Å². The molecule has 3 rings (SSSR count). The molecule has 29 heavy (non-hydrogen) atoms. The van der Waals surface area contributed by atoms with Gasteiger partial charge in [-0.15, -0.1) is 0 Å². The number of anilines is 1. The van der Waals surface area contributed by atoms with Gasteiger partial charge in [-0.3, -0.25) is 14.5 Å². The van der Waals surface area contributed by atoms with E-state index in [1.807, 2.05) is 61.5 Å². The van der Waals surface area contributed by atoms with Gasteiger partial charge in [0.15, 0.2) is 0 Å². The lowest BCUT2D eigenvalue weighted by molar-refractivity contribution is -0.123. The number of amides is 2. The smallest absolute Gasteiger partial charge is 0.238 e. The molecule has 5 nitrogen and oxygen atoms in total. The Labute approximate surface area is 175 Å². The van der Waals surface area contributed by atoms with E-state index < -0.39 is 0 Å². The number of halogens is 1. The summed E-state index contributed by atoms with van der Waals surface area (Å²) >= 11 is 5.87. The number of fused-ring (bicyclic) bond motifs is 1. The average Bonchev–Trinajstić information content (AvgIpc) is 2.73. The van der Waals surface area contributed by atoms with Gasteiger partial charge < -0.3 is 10.6 Å². The van der Waals surface area contributed by atoms with Crippen LogP contribution in [0.15, 0.2) is 66.7 Å². The molecule has 0 aromatic heterocycles. The van der Waals surface area contributed by atoms with Crippen LogP contribution in [0.1, 0.15) is 12.5 Å². The minimum absolute atomic E-state index is 0.125. The summed E-state index contributed by atoms with van der Waals surface area (Å²) in [6, 6.07) is 21.0. The Morgan fingerprint density at radius 3 is 2.34 bits per heavy atom. The monoisotopic (exact) mass is 409 g/mol. The van der Waals surface area contributed by atoms with Gasteiger partial charge in [0.2, 0.25) is 11.8 Å². The van der Waals surface area contributed by atoms with Crippen molar-refractivity contribution in [3.8, 4) is 0 Å². The Kier molecular flexibility index (Phi) is 7.22. The highest BCUT2D eigenvalue weighted by Gasteiger charge is 2.14. The molecule has 0 atom stereocenters. The minimum Gasteiger partial charge on any atom is -0.351 e. The minimum atomic E-state index is -0.145. The predicted molar refractivity (Wildman–Crippen MR) is 118 cm³/mol. The van der Waals surface area contributed by atoms with Crippen LogP contribution < -0.4 is 10.6 Å². The number of likely N-dealkylation sites (N-methyl/N-ethyl adjacent to an activating group) is 1. The number of carbonyl (C=O) groups is 2. The van der Waals surface area contributed by atoms with Gasteiger partial charge in [-0.2, -0.15) is 0 Å². The number of hydrogen-bond acceptors (Lipinski definition) is 3. The molecule has 2 N–H and O–H groups in total. The second-order valence-corrected chi connectivity index (χ2v) is 7.22. The molecule has 0 aliphatic heterocycles. The van der Waals surface area contributed by atoms with Crippen LogP contribution in [0.4, 0.5) is 5.69 Å². The third-order valence-electron chi connectivity index (χ3n) is 4.65. The van der Waals surface area contributed by atoms with Crippen LogP contribution >= 0.6 is 11.6 Å². The van der Waals surface area contributed by atoms with E-state index in [4.69, 9.17) is 11.6 Å². The van der Waals surface area contributed by atoms with Crippen LogP contribution in [0.25, 0.3) is 10.8 Å². The number of rotatable bonds is 8. The molecule has 0 heterocycles. The molecule has 0 aliphatic carbocycles. The molecule has 150 valence electrons. The molecule has 0 fully saturated rings. The predicted octanol–water partition coefficient (Wildman–Crippen LogP) is 4.07. The van der Waals surface area contributed by atoms with E-state index in [0.29, 0.717) is 18.1 Å². The average molecular weight is 410 g/mol.